The number of carbonyl (C=O) groups is 2. The van der Waals surface area contributed by atoms with E-state index in [4.69, 9.17) is 4.52 Å². The van der Waals surface area contributed by atoms with Crippen LogP contribution in [0.15, 0.2) is 4.52 Å². The van der Waals surface area contributed by atoms with Crippen LogP contribution >= 0.6 is 0 Å². The molecule has 2 rings (SSSR count). The predicted molar refractivity (Wildman–Crippen MR) is 67.0 cm³/mol. The number of aryl methyl sites for hydroxylation is 1. The standard InChI is InChI=1S/C13H18N2O4/c1-7(2)10-9(8(3)15-19-10)11(16)14-13(12(17)18)5-4-6-13/h7H,4-6H2,1-3H3,(H,14,16)(H,17,18). The van der Waals surface area contributed by atoms with Gasteiger partial charge in [-0.25, -0.2) is 4.79 Å². The van der Waals surface area contributed by atoms with E-state index in [0.29, 0.717) is 29.9 Å². The van der Waals surface area contributed by atoms with Crippen molar-refractivity contribution in [2.75, 3.05) is 0 Å². The van der Waals surface area contributed by atoms with Crippen molar-refractivity contribution in [2.24, 2.45) is 0 Å². The molecule has 0 atom stereocenters. The Morgan fingerprint density at radius 3 is 2.47 bits per heavy atom. The number of nitrogens with one attached hydrogen (secondary N) is 1. The van der Waals surface area contributed by atoms with Crippen molar-refractivity contribution in [3.8, 4) is 0 Å². The minimum atomic E-state index is -1.12. The lowest BCUT2D eigenvalue weighted by Crippen LogP contribution is -2.59. The summed E-state index contributed by atoms with van der Waals surface area (Å²) in [5, 5.41) is 15.6. The Bertz CT molecular complexity index is 515. The van der Waals surface area contributed by atoms with Gasteiger partial charge in [0.2, 0.25) is 0 Å². The molecule has 1 aromatic rings. The summed E-state index contributed by atoms with van der Waals surface area (Å²) in [4.78, 5) is 23.5. The zero-order valence-electron chi connectivity index (χ0n) is 11.3. The molecule has 1 amide bonds. The van der Waals surface area contributed by atoms with E-state index >= 15 is 0 Å². The summed E-state index contributed by atoms with van der Waals surface area (Å²) in [6, 6.07) is 0. The Morgan fingerprint density at radius 1 is 1.42 bits per heavy atom. The highest BCUT2D eigenvalue weighted by Crippen LogP contribution is 2.33. The van der Waals surface area contributed by atoms with Crippen LogP contribution in [-0.4, -0.2) is 27.7 Å². The molecule has 2 N–H and O–H groups in total. The van der Waals surface area contributed by atoms with Gasteiger partial charge in [-0.3, -0.25) is 4.79 Å². The molecule has 0 aliphatic heterocycles. The molecule has 1 heterocycles. The van der Waals surface area contributed by atoms with Gasteiger partial charge in [-0.2, -0.15) is 0 Å². The molecule has 1 aliphatic carbocycles. The minimum absolute atomic E-state index is 0.0177. The second kappa shape index (κ2) is 4.68. The molecule has 1 fully saturated rings. The molecule has 1 saturated carbocycles. The summed E-state index contributed by atoms with van der Waals surface area (Å²) in [5.41, 5.74) is -0.265. The van der Waals surface area contributed by atoms with E-state index in [0.717, 1.165) is 6.42 Å². The van der Waals surface area contributed by atoms with E-state index in [-0.39, 0.29) is 5.92 Å². The van der Waals surface area contributed by atoms with E-state index in [1.807, 2.05) is 13.8 Å². The third kappa shape index (κ3) is 2.22. The van der Waals surface area contributed by atoms with Gasteiger partial charge in [0, 0.05) is 5.92 Å². The second-order valence-electron chi connectivity index (χ2n) is 5.36. The third-order valence-corrected chi connectivity index (χ3v) is 3.61. The molecule has 0 radical (unpaired) electrons. The van der Waals surface area contributed by atoms with Crippen LogP contribution in [0.3, 0.4) is 0 Å². The molecule has 19 heavy (non-hydrogen) atoms. The van der Waals surface area contributed by atoms with Gasteiger partial charge in [0.05, 0.1) is 5.69 Å². The van der Waals surface area contributed by atoms with E-state index in [2.05, 4.69) is 10.5 Å². The molecule has 1 aliphatic rings. The molecule has 6 nitrogen and oxygen atoms in total. The highest BCUT2D eigenvalue weighted by Gasteiger charge is 2.46. The lowest BCUT2D eigenvalue weighted by atomic mass is 9.76. The summed E-state index contributed by atoms with van der Waals surface area (Å²) >= 11 is 0. The predicted octanol–water partition coefficient (Wildman–Crippen LogP) is 1.84. The van der Waals surface area contributed by atoms with E-state index < -0.39 is 17.4 Å². The molecular formula is C13H18N2O4. The number of hydrogen-bond acceptors (Lipinski definition) is 4. The number of carboxylic acid groups (broad SMARTS) is 1. The first-order valence-electron chi connectivity index (χ1n) is 6.39. The number of rotatable bonds is 4. The number of aliphatic carboxylic acids is 1. The minimum Gasteiger partial charge on any atom is -0.480 e. The van der Waals surface area contributed by atoms with Crippen LogP contribution in [0.5, 0.6) is 0 Å². The van der Waals surface area contributed by atoms with E-state index in [1.54, 1.807) is 6.92 Å². The third-order valence-electron chi connectivity index (χ3n) is 3.61. The zero-order valence-corrected chi connectivity index (χ0v) is 11.3. The normalized spacial score (nSPS) is 17.1. The Labute approximate surface area is 111 Å². The molecule has 0 bridgehead atoms. The lowest BCUT2D eigenvalue weighted by molar-refractivity contribution is -0.148. The maximum atomic E-state index is 12.3. The van der Waals surface area contributed by atoms with Crippen molar-refractivity contribution in [1.29, 1.82) is 0 Å². The molecule has 1 aromatic heterocycles. The fraction of sp³-hybridized carbons (Fsp3) is 0.615. The monoisotopic (exact) mass is 266 g/mol. The van der Waals surface area contributed by atoms with Crippen molar-refractivity contribution in [1.82, 2.24) is 10.5 Å². The van der Waals surface area contributed by atoms with Crippen LogP contribution in [0.25, 0.3) is 0 Å². The van der Waals surface area contributed by atoms with Gasteiger partial charge < -0.3 is 14.9 Å². The van der Waals surface area contributed by atoms with Crippen molar-refractivity contribution >= 4 is 11.9 Å². The summed E-state index contributed by atoms with van der Waals surface area (Å²) in [6.45, 7) is 5.47. The van der Waals surface area contributed by atoms with Gasteiger partial charge in [-0.1, -0.05) is 19.0 Å². The van der Waals surface area contributed by atoms with E-state index in [9.17, 15) is 14.7 Å². The number of nitrogens with zero attached hydrogens (tertiary/aromatic N) is 1. The van der Waals surface area contributed by atoms with Gasteiger partial charge in [0.15, 0.2) is 5.76 Å². The highest BCUT2D eigenvalue weighted by molar-refractivity contribution is 5.99. The molecule has 104 valence electrons. The largest absolute Gasteiger partial charge is 0.480 e. The molecule has 0 unspecified atom stereocenters. The zero-order chi connectivity index (χ0) is 14.2. The summed E-state index contributed by atoms with van der Waals surface area (Å²) in [5.74, 6) is -0.879. The van der Waals surface area contributed by atoms with Gasteiger partial charge >= 0.3 is 5.97 Å². The summed E-state index contributed by atoms with van der Waals surface area (Å²) in [6.07, 6.45) is 1.75. The summed E-state index contributed by atoms with van der Waals surface area (Å²) in [7, 11) is 0. The van der Waals surface area contributed by atoms with Gasteiger partial charge in [-0.15, -0.1) is 0 Å². The quantitative estimate of drug-likeness (QED) is 0.867. The average molecular weight is 266 g/mol. The van der Waals surface area contributed by atoms with Crippen molar-refractivity contribution < 1.29 is 19.2 Å². The van der Waals surface area contributed by atoms with Crippen molar-refractivity contribution in [3.05, 3.63) is 17.0 Å². The summed E-state index contributed by atoms with van der Waals surface area (Å²) < 4.78 is 5.15. The maximum absolute atomic E-state index is 12.3. The van der Waals surface area contributed by atoms with Crippen LogP contribution in [0.4, 0.5) is 0 Å². The molecule has 0 aromatic carbocycles. The Morgan fingerprint density at radius 2 is 2.05 bits per heavy atom. The average Bonchev–Trinajstić information content (AvgIpc) is 2.65. The van der Waals surface area contributed by atoms with Crippen LogP contribution < -0.4 is 5.32 Å². The Hall–Kier alpha value is -1.85. The molecular weight excluding hydrogens is 248 g/mol. The van der Waals surface area contributed by atoms with Gasteiger partial charge in [0.25, 0.3) is 5.91 Å². The van der Waals surface area contributed by atoms with Crippen molar-refractivity contribution in [3.63, 3.8) is 0 Å². The second-order valence-corrected chi connectivity index (χ2v) is 5.36. The Balaban J connectivity index is 2.25. The Kier molecular flexibility index (Phi) is 3.34. The first kappa shape index (κ1) is 13.6. The van der Waals surface area contributed by atoms with Crippen molar-refractivity contribution in [2.45, 2.75) is 51.5 Å². The maximum Gasteiger partial charge on any atom is 0.329 e. The fourth-order valence-electron chi connectivity index (χ4n) is 2.26. The molecule has 0 saturated heterocycles. The molecule has 6 heteroatoms. The number of carbonyl (C=O) groups excluding carboxylic acids is 1. The first-order chi connectivity index (χ1) is 8.87. The lowest BCUT2D eigenvalue weighted by Gasteiger charge is -2.38. The van der Waals surface area contributed by atoms with E-state index in [1.165, 1.54) is 0 Å². The van der Waals surface area contributed by atoms with Gasteiger partial charge in [-0.05, 0) is 26.2 Å². The fourth-order valence-corrected chi connectivity index (χ4v) is 2.26. The smallest absolute Gasteiger partial charge is 0.329 e. The number of aromatic nitrogens is 1. The first-order valence-corrected chi connectivity index (χ1v) is 6.39. The van der Waals surface area contributed by atoms with Gasteiger partial charge in [0.1, 0.15) is 11.1 Å². The SMILES string of the molecule is Cc1noc(C(C)C)c1C(=O)NC1(C(=O)O)CCC1. The number of carboxylic acids is 1. The molecule has 0 spiro atoms. The highest BCUT2D eigenvalue weighted by atomic mass is 16.5. The topological polar surface area (TPSA) is 92.4 Å². The number of hydrogen-bond donors (Lipinski definition) is 2. The van der Waals surface area contributed by atoms with Crippen LogP contribution in [-0.2, 0) is 4.79 Å². The van der Waals surface area contributed by atoms with Crippen LogP contribution in [0.1, 0.15) is 60.8 Å². The van der Waals surface area contributed by atoms with Crippen LogP contribution in [0, 0.1) is 6.92 Å². The number of amides is 1. The van der Waals surface area contributed by atoms with Crippen LogP contribution in [0.2, 0.25) is 0 Å².